The fourth-order valence-electron chi connectivity index (χ4n) is 9.34. The van der Waals surface area contributed by atoms with Crippen molar-refractivity contribution in [3.05, 3.63) is 111 Å². The summed E-state index contributed by atoms with van der Waals surface area (Å²) in [5, 5.41) is 26.7. The standard InChI is InChI=1S/C48H54ClN7O9S/c1-48(2)15-13-32(41(25-48)30-3-5-33(49)6-4-30)27-54-17-19-55(20-18-54)35-7-12-40(43(22-35)65-38-21-31-14-16-50-46(31)51-26-38)47(58)53-66(61,62)39-23-42(56(59)60)45-44(24-39)64-29-34(52-45)28-63-37-10-8-36(57)9-11-37/h3-7,12,14,16,21-24,26,34,36-37,52,57H,8-11,13,15,17-20,25,27-29H2,1-2H3,(H,50,51)(H,53,58)/t34-,36-,37-/m1/s1. The number of pyridine rings is 1. The summed E-state index contributed by atoms with van der Waals surface area (Å²) in [5.41, 5.74) is 5.14. The number of fused-ring (bicyclic) bond motifs is 2. The number of hydrogen-bond donors (Lipinski definition) is 4. The fraction of sp³-hybridized carbons (Fsp3) is 0.417. The normalized spacial score (nSPS) is 21.2. The van der Waals surface area contributed by atoms with Crippen LogP contribution in [0.1, 0.15) is 74.7 Å². The predicted octanol–water partition coefficient (Wildman–Crippen LogP) is 8.31. The van der Waals surface area contributed by atoms with E-state index in [0.717, 1.165) is 67.1 Å². The molecule has 4 aliphatic rings. The Bertz CT molecular complexity index is 2760. The molecule has 2 aromatic heterocycles. The van der Waals surface area contributed by atoms with Crippen LogP contribution in [-0.2, 0) is 14.8 Å². The van der Waals surface area contributed by atoms with E-state index in [1.165, 1.54) is 29.0 Å². The Morgan fingerprint density at radius 1 is 1.05 bits per heavy atom. The molecule has 3 aromatic carbocycles. The van der Waals surface area contributed by atoms with Crippen LogP contribution < -0.4 is 24.4 Å². The van der Waals surface area contributed by atoms with E-state index in [-0.39, 0.29) is 53.6 Å². The van der Waals surface area contributed by atoms with Crippen LogP contribution in [0, 0.1) is 15.5 Å². The molecule has 9 rings (SSSR count). The Labute approximate surface area is 388 Å². The third-order valence-electron chi connectivity index (χ3n) is 13.1. The lowest BCUT2D eigenvalue weighted by Crippen LogP contribution is -2.47. The summed E-state index contributed by atoms with van der Waals surface area (Å²) in [6.45, 7) is 8.81. The Balaban J connectivity index is 0.922. The summed E-state index contributed by atoms with van der Waals surface area (Å²) in [6.07, 6.45) is 8.76. The van der Waals surface area contributed by atoms with Crippen molar-refractivity contribution in [3.63, 3.8) is 0 Å². The second-order valence-corrected chi connectivity index (χ2v) is 20.6. The summed E-state index contributed by atoms with van der Waals surface area (Å²) < 4.78 is 48.2. The van der Waals surface area contributed by atoms with E-state index in [1.807, 2.05) is 18.2 Å². The number of amides is 1. The molecule has 0 unspecified atom stereocenters. The van der Waals surface area contributed by atoms with Gasteiger partial charge < -0.3 is 34.5 Å². The van der Waals surface area contributed by atoms with E-state index >= 15 is 0 Å². The molecule has 2 aliphatic carbocycles. The van der Waals surface area contributed by atoms with Gasteiger partial charge in [-0.05, 0) is 97.9 Å². The van der Waals surface area contributed by atoms with Gasteiger partial charge >= 0.3 is 0 Å². The molecule has 2 fully saturated rings. The van der Waals surface area contributed by atoms with E-state index in [1.54, 1.807) is 24.4 Å². The Kier molecular flexibility index (Phi) is 13.0. The first-order chi connectivity index (χ1) is 31.7. The number of nitro groups is 1. The number of hydrogen-bond acceptors (Lipinski definition) is 13. The number of nitro benzene ring substituents is 1. The van der Waals surface area contributed by atoms with Crippen molar-refractivity contribution in [2.75, 3.05) is 56.2 Å². The zero-order valence-electron chi connectivity index (χ0n) is 36.9. The van der Waals surface area contributed by atoms with Crippen molar-refractivity contribution in [2.24, 2.45) is 5.41 Å². The number of nitrogens with zero attached hydrogens (tertiary/aromatic N) is 4. The third-order valence-corrected chi connectivity index (χ3v) is 14.7. The van der Waals surface area contributed by atoms with Gasteiger partial charge in [0.15, 0.2) is 11.4 Å². The lowest BCUT2D eigenvalue weighted by molar-refractivity contribution is -0.384. The predicted molar refractivity (Wildman–Crippen MR) is 252 cm³/mol. The highest BCUT2D eigenvalue weighted by Crippen LogP contribution is 2.44. The van der Waals surface area contributed by atoms with Crippen LogP contribution in [-0.4, -0.2) is 103 Å². The quantitative estimate of drug-likeness (QED) is 0.0649. The van der Waals surface area contributed by atoms with E-state index in [0.29, 0.717) is 50.2 Å². The zero-order chi connectivity index (χ0) is 46.2. The number of aromatic amines is 1. The first-order valence-electron chi connectivity index (χ1n) is 22.4. The molecule has 1 saturated heterocycles. The molecule has 0 bridgehead atoms. The Morgan fingerprint density at radius 2 is 1.82 bits per heavy atom. The van der Waals surface area contributed by atoms with Crippen molar-refractivity contribution in [3.8, 4) is 17.2 Å². The highest BCUT2D eigenvalue weighted by molar-refractivity contribution is 7.90. The van der Waals surface area contributed by atoms with Gasteiger partial charge in [0.05, 0.1) is 46.4 Å². The molecular weight excluding hydrogens is 886 g/mol. The number of allylic oxidation sites excluding steroid dienone is 1. The van der Waals surface area contributed by atoms with Crippen LogP contribution in [0.4, 0.5) is 17.1 Å². The van der Waals surface area contributed by atoms with Crippen LogP contribution >= 0.6 is 11.6 Å². The number of ether oxygens (including phenoxy) is 3. The number of aliphatic hydroxyl groups excluding tert-OH is 1. The van der Waals surface area contributed by atoms with E-state index < -0.39 is 37.5 Å². The first kappa shape index (κ1) is 45.4. The number of aromatic nitrogens is 2. The van der Waals surface area contributed by atoms with Crippen molar-refractivity contribution < 1.29 is 37.5 Å². The summed E-state index contributed by atoms with van der Waals surface area (Å²) >= 11 is 6.25. The van der Waals surface area contributed by atoms with Gasteiger partial charge in [-0.2, -0.15) is 0 Å². The Hall–Kier alpha value is -5.72. The maximum atomic E-state index is 14.1. The number of piperazine rings is 1. The minimum absolute atomic E-state index is 0.0158. The monoisotopic (exact) mass is 939 g/mol. The molecule has 66 heavy (non-hydrogen) atoms. The number of rotatable bonds is 13. The van der Waals surface area contributed by atoms with Crippen LogP contribution in [0.25, 0.3) is 16.6 Å². The van der Waals surface area contributed by atoms with Gasteiger partial charge in [0.1, 0.15) is 23.8 Å². The molecule has 2 aliphatic heterocycles. The molecule has 18 heteroatoms. The molecule has 1 amide bonds. The van der Waals surface area contributed by atoms with Crippen molar-refractivity contribution in [1.29, 1.82) is 0 Å². The second-order valence-electron chi connectivity index (χ2n) is 18.5. The number of benzene rings is 3. The first-order valence-corrected chi connectivity index (χ1v) is 24.3. The van der Waals surface area contributed by atoms with Crippen molar-refractivity contribution in [2.45, 2.75) is 81.9 Å². The fourth-order valence-corrected chi connectivity index (χ4v) is 10.5. The number of carbonyl (C=O) groups is 1. The minimum Gasteiger partial charge on any atom is -0.489 e. The van der Waals surface area contributed by atoms with Gasteiger partial charge in [0, 0.05) is 73.2 Å². The molecule has 5 aromatic rings. The third kappa shape index (κ3) is 10.3. The van der Waals surface area contributed by atoms with Gasteiger partial charge in [-0.25, -0.2) is 18.1 Å². The summed E-state index contributed by atoms with van der Waals surface area (Å²) in [6, 6.07) is 18.4. The average molecular weight is 941 g/mol. The van der Waals surface area contributed by atoms with Crippen LogP contribution in [0.15, 0.2) is 89.6 Å². The number of aliphatic hydroxyl groups is 1. The van der Waals surface area contributed by atoms with Gasteiger partial charge in [-0.1, -0.05) is 43.2 Å². The largest absolute Gasteiger partial charge is 0.489 e. The maximum Gasteiger partial charge on any atom is 0.297 e. The number of anilines is 2. The number of nitrogens with one attached hydrogen (secondary N) is 3. The summed E-state index contributed by atoms with van der Waals surface area (Å²) in [4.78, 5) is 37.3. The van der Waals surface area contributed by atoms with Crippen molar-refractivity contribution in [1.82, 2.24) is 19.6 Å². The number of H-pyrrole nitrogens is 1. The smallest absolute Gasteiger partial charge is 0.297 e. The molecule has 4 N–H and O–H groups in total. The van der Waals surface area contributed by atoms with Crippen LogP contribution in [0.2, 0.25) is 5.02 Å². The van der Waals surface area contributed by atoms with E-state index in [2.05, 4.69) is 55.8 Å². The molecule has 348 valence electrons. The van der Waals surface area contributed by atoms with Gasteiger partial charge in [0.25, 0.3) is 21.6 Å². The highest BCUT2D eigenvalue weighted by atomic mass is 35.5. The molecular formula is C48H54ClN7O9S. The van der Waals surface area contributed by atoms with Crippen LogP contribution in [0.5, 0.6) is 17.2 Å². The summed E-state index contributed by atoms with van der Waals surface area (Å²) in [5.74, 6) is -0.609. The lowest BCUT2D eigenvalue weighted by Gasteiger charge is -2.39. The van der Waals surface area contributed by atoms with E-state index in [9.17, 15) is 28.4 Å². The average Bonchev–Trinajstić information content (AvgIpc) is 3.77. The van der Waals surface area contributed by atoms with Gasteiger partial charge in [0.2, 0.25) is 0 Å². The molecule has 4 heterocycles. The zero-order valence-corrected chi connectivity index (χ0v) is 38.5. The topological polar surface area (TPSA) is 201 Å². The molecule has 0 radical (unpaired) electrons. The molecule has 16 nitrogen and oxygen atoms in total. The number of sulfonamides is 1. The summed E-state index contributed by atoms with van der Waals surface area (Å²) in [7, 11) is -4.68. The van der Waals surface area contributed by atoms with Gasteiger partial charge in [-0.3, -0.25) is 19.8 Å². The van der Waals surface area contributed by atoms with Crippen molar-refractivity contribution >= 4 is 61.2 Å². The van der Waals surface area contributed by atoms with Crippen LogP contribution in [0.3, 0.4) is 0 Å². The minimum atomic E-state index is -4.68. The second kappa shape index (κ2) is 18.9. The molecule has 1 saturated carbocycles. The number of halogens is 1. The highest BCUT2D eigenvalue weighted by Gasteiger charge is 2.34. The molecule has 1 atom stereocenters. The molecule has 0 spiro atoms. The Morgan fingerprint density at radius 3 is 2.58 bits per heavy atom. The van der Waals surface area contributed by atoms with E-state index in [4.69, 9.17) is 25.8 Å². The maximum absolute atomic E-state index is 14.1. The lowest BCUT2D eigenvalue weighted by atomic mass is 9.72. The SMILES string of the molecule is CC1(C)CCC(CN2CCN(c3ccc(C(=O)NS(=O)(=O)c4cc5c(c([N+](=O)[O-])c4)N[C@H](CO[C@H]4CC[C@H](O)CC4)CO5)c(Oc4cnc5[nH]ccc5c4)c3)CC2)=C(c2ccc(Cl)cc2)C1. The number of carbonyl (C=O) groups excluding carboxylic acids is 1. The van der Waals surface area contributed by atoms with Gasteiger partial charge in [-0.15, -0.1) is 0 Å².